The minimum Gasteiger partial charge on any atom is -0.356 e. The van der Waals surface area contributed by atoms with Gasteiger partial charge in [0.15, 0.2) is 0 Å². The van der Waals surface area contributed by atoms with E-state index in [0.717, 1.165) is 90.6 Å². The summed E-state index contributed by atoms with van der Waals surface area (Å²) in [6.07, 6.45) is 8.46. The first-order valence-electron chi connectivity index (χ1n) is 9.74. The summed E-state index contributed by atoms with van der Waals surface area (Å²) in [6, 6.07) is 0. The van der Waals surface area contributed by atoms with Crippen molar-refractivity contribution in [3.63, 3.8) is 0 Å². The van der Waals surface area contributed by atoms with E-state index >= 15 is 0 Å². The fraction of sp³-hybridized carbons (Fsp3) is 0.889. The van der Waals surface area contributed by atoms with E-state index in [1.165, 1.54) is 0 Å². The Morgan fingerprint density at radius 3 is 1.58 bits per heavy atom. The predicted octanol–water partition coefficient (Wildman–Crippen LogP) is 0.778. The number of carbonyl (C=O) groups excluding carboxylic acids is 2. The van der Waals surface area contributed by atoms with Crippen LogP contribution in [0.25, 0.3) is 0 Å². The lowest BCUT2D eigenvalue weighted by Crippen LogP contribution is -2.40. The van der Waals surface area contributed by atoms with Gasteiger partial charge in [0.05, 0.1) is 11.8 Å². The first-order valence-corrected chi connectivity index (χ1v) is 9.74. The van der Waals surface area contributed by atoms with E-state index in [0.29, 0.717) is 0 Å². The average Bonchev–Trinajstić information content (AvgIpc) is 2.65. The molecule has 6 nitrogen and oxygen atoms in total. The van der Waals surface area contributed by atoms with Crippen LogP contribution < -0.4 is 21.3 Å². The second-order valence-electron chi connectivity index (χ2n) is 7.08. The van der Waals surface area contributed by atoms with Gasteiger partial charge in [-0.2, -0.15) is 0 Å². The first kappa shape index (κ1) is 19.2. The lowest BCUT2D eigenvalue weighted by molar-refractivity contribution is -0.126. The highest BCUT2D eigenvalue weighted by molar-refractivity contribution is 5.79. The third kappa shape index (κ3) is 7.18. The van der Waals surface area contributed by atoms with Crippen molar-refractivity contribution in [2.24, 2.45) is 11.8 Å². The van der Waals surface area contributed by atoms with E-state index in [2.05, 4.69) is 21.3 Å². The van der Waals surface area contributed by atoms with Crippen LogP contribution in [0, 0.1) is 11.8 Å². The molecular formula is C18H34N4O2. The zero-order valence-corrected chi connectivity index (χ0v) is 14.9. The highest BCUT2D eigenvalue weighted by Gasteiger charge is 2.20. The molecule has 2 amide bonds. The monoisotopic (exact) mass is 338 g/mol. The molecule has 0 unspecified atom stereocenters. The van der Waals surface area contributed by atoms with Gasteiger partial charge in [0, 0.05) is 26.2 Å². The smallest absolute Gasteiger partial charge is 0.224 e. The molecule has 2 saturated heterocycles. The van der Waals surface area contributed by atoms with Crippen LogP contribution in [-0.4, -0.2) is 51.1 Å². The molecule has 0 saturated carbocycles. The molecule has 0 spiro atoms. The molecule has 24 heavy (non-hydrogen) atoms. The minimum atomic E-state index is 0.156. The predicted molar refractivity (Wildman–Crippen MR) is 95.7 cm³/mol. The van der Waals surface area contributed by atoms with Crippen LogP contribution in [-0.2, 0) is 9.59 Å². The summed E-state index contributed by atoms with van der Waals surface area (Å²) in [7, 11) is 0. The summed E-state index contributed by atoms with van der Waals surface area (Å²) in [5, 5.41) is 12.6. The van der Waals surface area contributed by atoms with Crippen LogP contribution in [0.15, 0.2) is 0 Å². The lowest BCUT2D eigenvalue weighted by atomic mass is 9.99. The van der Waals surface area contributed by atoms with Crippen LogP contribution >= 0.6 is 0 Å². The van der Waals surface area contributed by atoms with Gasteiger partial charge in [-0.15, -0.1) is 0 Å². The molecule has 0 aliphatic carbocycles. The van der Waals surface area contributed by atoms with Gasteiger partial charge in [-0.1, -0.05) is 12.8 Å². The number of rotatable bonds is 9. The normalized spacial score (nSPS) is 24.3. The standard InChI is InChI=1S/C18H34N4O2/c23-17(15-7-5-9-19-13-15)21-11-3-1-2-4-12-22-18(24)16-8-6-10-20-14-16/h15-16,19-20H,1-14H2,(H,21,23)(H,22,24)/t15-,16+. The number of carbonyl (C=O) groups is 2. The summed E-state index contributed by atoms with van der Waals surface area (Å²) >= 11 is 0. The van der Waals surface area contributed by atoms with Crippen LogP contribution in [0.4, 0.5) is 0 Å². The third-order valence-electron chi connectivity index (χ3n) is 5.04. The fourth-order valence-corrected chi connectivity index (χ4v) is 3.47. The summed E-state index contributed by atoms with van der Waals surface area (Å²) in [6.45, 7) is 5.27. The van der Waals surface area contributed by atoms with E-state index < -0.39 is 0 Å². The zero-order chi connectivity index (χ0) is 17.0. The van der Waals surface area contributed by atoms with Gasteiger partial charge in [-0.25, -0.2) is 0 Å². The molecule has 2 fully saturated rings. The topological polar surface area (TPSA) is 82.3 Å². The highest BCUT2D eigenvalue weighted by Crippen LogP contribution is 2.10. The van der Waals surface area contributed by atoms with Crippen molar-refractivity contribution >= 4 is 11.8 Å². The Morgan fingerprint density at radius 1 is 0.750 bits per heavy atom. The third-order valence-corrected chi connectivity index (χ3v) is 5.04. The molecule has 0 bridgehead atoms. The van der Waals surface area contributed by atoms with Crippen LogP contribution in [0.2, 0.25) is 0 Å². The molecule has 0 aromatic carbocycles. The molecule has 138 valence electrons. The van der Waals surface area contributed by atoms with Gasteiger partial charge in [0.1, 0.15) is 0 Å². The summed E-state index contributed by atoms with van der Waals surface area (Å²) in [5.74, 6) is 0.720. The lowest BCUT2D eigenvalue weighted by Gasteiger charge is -2.22. The number of amides is 2. The zero-order valence-electron chi connectivity index (χ0n) is 14.9. The van der Waals surface area contributed by atoms with Crippen molar-refractivity contribution in [3.05, 3.63) is 0 Å². The second kappa shape index (κ2) is 11.4. The van der Waals surface area contributed by atoms with E-state index in [-0.39, 0.29) is 23.7 Å². The molecule has 2 aliphatic rings. The van der Waals surface area contributed by atoms with Gasteiger partial charge < -0.3 is 21.3 Å². The quantitative estimate of drug-likeness (QED) is 0.468. The Hall–Kier alpha value is -1.14. The Kier molecular flexibility index (Phi) is 9.13. The first-order chi connectivity index (χ1) is 11.8. The molecule has 2 heterocycles. The van der Waals surface area contributed by atoms with Crippen LogP contribution in [0.3, 0.4) is 0 Å². The number of hydrogen-bond acceptors (Lipinski definition) is 4. The highest BCUT2D eigenvalue weighted by atomic mass is 16.2. The van der Waals surface area contributed by atoms with Crippen LogP contribution in [0.1, 0.15) is 51.4 Å². The van der Waals surface area contributed by atoms with Gasteiger partial charge in [-0.05, 0) is 51.6 Å². The van der Waals surface area contributed by atoms with Crippen LogP contribution in [0.5, 0.6) is 0 Å². The van der Waals surface area contributed by atoms with E-state index in [1.54, 1.807) is 0 Å². The Bertz CT molecular complexity index is 341. The summed E-state index contributed by atoms with van der Waals surface area (Å²) in [5.41, 5.74) is 0. The average molecular weight is 338 g/mol. The second-order valence-corrected chi connectivity index (χ2v) is 7.08. The molecule has 0 radical (unpaired) electrons. The maximum absolute atomic E-state index is 12.0. The Morgan fingerprint density at radius 2 is 1.21 bits per heavy atom. The molecule has 6 heteroatoms. The molecule has 0 aromatic heterocycles. The summed E-state index contributed by atoms with van der Waals surface area (Å²) in [4.78, 5) is 23.9. The maximum Gasteiger partial charge on any atom is 0.224 e. The number of unbranched alkanes of at least 4 members (excludes halogenated alkanes) is 3. The molecule has 4 N–H and O–H groups in total. The van der Waals surface area contributed by atoms with E-state index in [4.69, 9.17) is 0 Å². The van der Waals surface area contributed by atoms with Gasteiger partial charge >= 0.3 is 0 Å². The summed E-state index contributed by atoms with van der Waals surface area (Å²) < 4.78 is 0. The van der Waals surface area contributed by atoms with Crippen molar-refractivity contribution in [2.45, 2.75) is 51.4 Å². The SMILES string of the molecule is O=C(NCCCCCCNC(=O)[C@H]1CCCNC1)[C@@H]1CCCNC1. The maximum atomic E-state index is 12.0. The van der Waals surface area contributed by atoms with Gasteiger partial charge in [0.2, 0.25) is 11.8 Å². The molecule has 0 aromatic rings. The van der Waals surface area contributed by atoms with Crippen molar-refractivity contribution in [1.82, 2.24) is 21.3 Å². The Balaban J connectivity index is 1.40. The van der Waals surface area contributed by atoms with Crippen molar-refractivity contribution < 1.29 is 9.59 Å². The van der Waals surface area contributed by atoms with Crippen molar-refractivity contribution in [2.75, 3.05) is 39.3 Å². The van der Waals surface area contributed by atoms with Crippen molar-refractivity contribution in [3.8, 4) is 0 Å². The largest absolute Gasteiger partial charge is 0.356 e. The number of piperidine rings is 2. The molecular weight excluding hydrogens is 304 g/mol. The fourth-order valence-electron chi connectivity index (χ4n) is 3.47. The van der Waals surface area contributed by atoms with Crippen molar-refractivity contribution in [1.29, 1.82) is 0 Å². The Labute approximate surface area is 145 Å². The minimum absolute atomic E-state index is 0.156. The van der Waals surface area contributed by atoms with E-state index in [1.807, 2.05) is 0 Å². The van der Waals surface area contributed by atoms with Gasteiger partial charge in [-0.3, -0.25) is 9.59 Å². The van der Waals surface area contributed by atoms with Gasteiger partial charge in [0.25, 0.3) is 0 Å². The number of nitrogens with one attached hydrogen (secondary N) is 4. The molecule has 2 atom stereocenters. The molecule has 2 rings (SSSR count). The number of hydrogen-bond donors (Lipinski definition) is 4. The van der Waals surface area contributed by atoms with E-state index in [9.17, 15) is 9.59 Å². The molecule has 2 aliphatic heterocycles.